The van der Waals surface area contributed by atoms with E-state index in [1.165, 1.54) is 4.90 Å². The molecular formula is C28H26N2O6. The zero-order valence-corrected chi connectivity index (χ0v) is 20.0. The van der Waals surface area contributed by atoms with Crippen molar-refractivity contribution in [3.05, 3.63) is 101 Å². The predicted octanol–water partition coefficient (Wildman–Crippen LogP) is 4.28. The summed E-state index contributed by atoms with van der Waals surface area (Å²) < 4.78 is 10.5. The van der Waals surface area contributed by atoms with Gasteiger partial charge in [0.25, 0.3) is 11.7 Å². The van der Waals surface area contributed by atoms with E-state index in [4.69, 9.17) is 9.47 Å². The number of nitrogens with zero attached hydrogens (tertiary/aromatic N) is 2. The molecule has 8 heteroatoms. The largest absolute Gasteiger partial charge is 0.507 e. The number of pyridine rings is 1. The van der Waals surface area contributed by atoms with Gasteiger partial charge in [0, 0.05) is 24.5 Å². The summed E-state index contributed by atoms with van der Waals surface area (Å²) >= 11 is 0. The van der Waals surface area contributed by atoms with Gasteiger partial charge in [0.05, 0.1) is 30.4 Å². The van der Waals surface area contributed by atoms with Crippen molar-refractivity contribution in [1.29, 1.82) is 0 Å². The Bertz CT molecular complexity index is 1280. The van der Waals surface area contributed by atoms with Crippen molar-refractivity contribution in [2.24, 2.45) is 0 Å². The molecule has 8 nitrogen and oxygen atoms in total. The number of aliphatic hydroxyl groups excluding tert-OH is 1. The molecule has 1 aromatic heterocycles. The molecule has 1 atom stereocenters. The lowest BCUT2D eigenvalue weighted by Crippen LogP contribution is -2.29. The number of hydrogen-bond donors (Lipinski definition) is 1. The highest BCUT2D eigenvalue weighted by atomic mass is 16.5. The van der Waals surface area contributed by atoms with Crippen LogP contribution in [-0.4, -0.2) is 45.9 Å². The number of Topliss-reactive ketones (excluding diaryl/α,β-unsaturated/α-hetero) is 1. The van der Waals surface area contributed by atoms with Gasteiger partial charge in [0.15, 0.2) is 0 Å². The molecule has 1 fully saturated rings. The standard InChI is InChI=1S/C28H26N2O6/c1-3-35-22-13-11-19(12-14-22)25(31)23-24(21-6-5-15-29-16-21)30(27(33)26(23)32)17-18-7-9-20(10-8-18)28(34)36-4-2/h5-16,24,31H,3-4,17H2,1-2H3/b25-23+. The van der Waals surface area contributed by atoms with Crippen LogP contribution in [-0.2, 0) is 20.9 Å². The van der Waals surface area contributed by atoms with E-state index >= 15 is 0 Å². The Balaban J connectivity index is 1.72. The Morgan fingerprint density at radius 3 is 2.28 bits per heavy atom. The van der Waals surface area contributed by atoms with Crippen LogP contribution in [0.15, 0.2) is 78.6 Å². The van der Waals surface area contributed by atoms with Gasteiger partial charge < -0.3 is 19.5 Å². The van der Waals surface area contributed by atoms with Gasteiger partial charge in [-0.05, 0) is 67.4 Å². The molecule has 2 heterocycles. The second kappa shape index (κ2) is 10.9. The second-order valence-corrected chi connectivity index (χ2v) is 8.09. The summed E-state index contributed by atoms with van der Waals surface area (Å²) in [6, 6.07) is 15.9. The van der Waals surface area contributed by atoms with Crippen LogP contribution < -0.4 is 4.74 Å². The Morgan fingerprint density at radius 1 is 0.972 bits per heavy atom. The maximum absolute atomic E-state index is 13.2. The average Bonchev–Trinajstić information content (AvgIpc) is 3.15. The van der Waals surface area contributed by atoms with Crippen LogP contribution in [0.2, 0.25) is 0 Å². The highest BCUT2D eigenvalue weighted by Gasteiger charge is 2.46. The first-order chi connectivity index (χ1) is 17.4. The van der Waals surface area contributed by atoms with Crippen LogP contribution in [0.25, 0.3) is 5.76 Å². The summed E-state index contributed by atoms with van der Waals surface area (Å²) in [5, 5.41) is 11.2. The zero-order valence-electron chi connectivity index (χ0n) is 20.0. The molecule has 1 amide bonds. The molecule has 0 aliphatic carbocycles. The minimum Gasteiger partial charge on any atom is -0.507 e. The van der Waals surface area contributed by atoms with Crippen LogP contribution >= 0.6 is 0 Å². The third-order valence-corrected chi connectivity index (χ3v) is 5.80. The van der Waals surface area contributed by atoms with Gasteiger partial charge in [-0.25, -0.2) is 4.79 Å². The summed E-state index contributed by atoms with van der Waals surface area (Å²) in [6.45, 7) is 4.46. The SMILES string of the molecule is CCOC(=O)c1ccc(CN2C(=O)C(=O)/C(=C(/O)c3ccc(OCC)cc3)C2c2cccnc2)cc1. The number of aliphatic hydroxyl groups is 1. The van der Waals surface area contributed by atoms with E-state index in [0.29, 0.717) is 34.6 Å². The molecule has 0 radical (unpaired) electrons. The number of carbonyl (C=O) groups is 3. The van der Waals surface area contributed by atoms with Gasteiger partial charge >= 0.3 is 5.97 Å². The van der Waals surface area contributed by atoms with Crippen molar-refractivity contribution in [3.8, 4) is 5.75 Å². The van der Waals surface area contributed by atoms with E-state index in [9.17, 15) is 19.5 Å². The van der Waals surface area contributed by atoms with Crippen molar-refractivity contribution in [3.63, 3.8) is 0 Å². The smallest absolute Gasteiger partial charge is 0.338 e. The fourth-order valence-corrected chi connectivity index (χ4v) is 4.12. The van der Waals surface area contributed by atoms with Gasteiger partial charge in [-0.15, -0.1) is 0 Å². The first kappa shape index (κ1) is 24.7. The minimum absolute atomic E-state index is 0.0136. The first-order valence-corrected chi connectivity index (χ1v) is 11.6. The van der Waals surface area contributed by atoms with Crippen LogP contribution in [0, 0.1) is 0 Å². The average molecular weight is 487 g/mol. The lowest BCUT2D eigenvalue weighted by molar-refractivity contribution is -0.140. The molecule has 4 rings (SSSR count). The van der Waals surface area contributed by atoms with E-state index in [2.05, 4.69) is 4.98 Å². The van der Waals surface area contributed by atoms with Gasteiger partial charge in [-0.3, -0.25) is 14.6 Å². The Labute approximate surface area is 208 Å². The van der Waals surface area contributed by atoms with Crippen molar-refractivity contribution in [1.82, 2.24) is 9.88 Å². The Kier molecular flexibility index (Phi) is 7.44. The van der Waals surface area contributed by atoms with Gasteiger partial charge in [0.1, 0.15) is 11.5 Å². The number of carbonyl (C=O) groups excluding carboxylic acids is 3. The molecule has 1 unspecified atom stereocenters. The Morgan fingerprint density at radius 2 is 1.67 bits per heavy atom. The van der Waals surface area contributed by atoms with E-state index in [1.54, 1.807) is 80.0 Å². The lowest BCUT2D eigenvalue weighted by atomic mass is 9.96. The van der Waals surface area contributed by atoms with E-state index in [-0.39, 0.29) is 24.5 Å². The molecule has 0 saturated carbocycles. The van der Waals surface area contributed by atoms with Crippen molar-refractivity contribution in [2.45, 2.75) is 26.4 Å². The zero-order chi connectivity index (χ0) is 25.7. The number of ether oxygens (including phenoxy) is 2. The topological polar surface area (TPSA) is 106 Å². The van der Waals surface area contributed by atoms with E-state index < -0.39 is 23.7 Å². The molecule has 1 N–H and O–H groups in total. The highest BCUT2D eigenvalue weighted by Crippen LogP contribution is 2.40. The van der Waals surface area contributed by atoms with Crippen molar-refractivity contribution >= 4 is 23.4 Å². The summed E-state index contributed by atoms with van der Waals surface area (Å²) in [5.41, 5.74) is 2.07. The summed E-state index contributed by atoms with van der Waals surface area (Å²) in [4.78, 5) is 43.8. The summed E-state index contributed by atoms with van der Waals surface area (Å²) in [5.74, 6) is -1.59. The van der Waals surface area contributed by atoms with Crippen LogP contribution in [0.5, 0.6) is 5.75 Å². The second-order valence-electron chi connectivity index (χ2n) is 8.09. The maximum atomic E-state index is 13.2. The minimum atomic E-state index is -0.838. The summed E-state index contributed by atoms with van der Waals surface area (Å²) in [7, 11) is 0. The number of esters is 1. The molecular weight excluding hydrogens is 460 g/mol. The number of hydrogen-bond acceptors (Lipinski definition) is 7. The van der Waals surface area contributed by atoms with Crippen LogP contribution in [0.3, 0.4) is 0 Å². The first-order valence-electron chi connectivity index (χ1n) is 11.6. The van der Waals surface area contributed by atoms with Crippen molar-refractivity contribution < 1.29 is 29.0 Å². The number of amides is 1. The molecule has 1 aliphatic heterocycles. The third-order valence-electron chi connectivity index (χ3n) is 5.80. The lowest BCUT2D eigenvalue weighted by Gasteiger charge is -2.25. The van der Waals surface area contributed by atoms with Gasteiger partial charge in [-0.1, -0.05) is 18.2 Å². The molecule has 1 aliphatic rings. The molecule has 184 valence electrons. The predicted molar refractivity (Wildman–Crippen MR) is 132 cm³/mol. The van der Waals surface area contributed by atoms with Gasteiger partial charge in [-0.2, -0.15) is 0 Å². The molecule has 0 bridgehead atoms. The molecule has 2 aromatic carbocycles. The fourth-order valence-electron chi connectivity index (χ4n) is 4.12. The Hall–Kier alpha value is -4.46. The van der Waals surface area contributed by atoms with E-state index in [1.807, 2.05) is 6.92 Å². The third kappa shape index (κ3) is 4.98. The number of rotatable bonds is 8. The molecule has 1 saturated heterocycles. The number of ketones is 1. The van der Waals surface area contributed by atoms with Crippen LogP contribution in [0.4, 0.5) is 0 Å². The van der Waals surface area contributed by atoms with Crippen molar-refractivity contribution in [2.75, 3.05) is 13.2 Å². The molecule has 36 heavy (non-hydrogen) atoms. The monoisotopic (exact) mass is 486 g/mol. The quantitative estimate of drug-likeness (QED) is 0.219. The van der Waals surface area contributed by atoms with Crippen LogP contribution in [0.1, 0.15) is 46.9 Å². The fraction of sp³-hybridized carbons (Fsp3) is 0.214. The normalized spacial score (nSPS) is 16.7. The number of benzene rings is 2. The number of aromatic nitrogens is 1. The number of likely N-dealkylation sites (tertiary alicyclic amines) is 1. The van der Waals surface area contributed by atoms with E-state index in [0.717, 1.165) is 0 Å². The van der Waals surface area contributed by atoms with Gasteiger partial charge in [0.2, 0.25) is 0 Å². The summed E-state index contributed by atoms with van der Waals surface area (Å²) in [6.07, 6.45) is 3.16. The molecule has 3 aromatic rings. The maximum Gasteiger partial charge on any atom is 0.338 e. The highest BCUT2D eigenvalue weighted by molar-refractivity contribution is 6.46. The molecule has 0 spiro atoms.